The fourth-order valence-electron chi connectivity index (χ4n) is 2.97. The van der Waals surface area contributed by atoms with Gasteiger partial charge in [-0.25, -0.2) is 4.98 Å². The normalized spacial score (nSPS) is 14.4. The van der Waals surface area contributed by atoms with E-state index in [4.69, 9.17) is 0 Å². The zero-order valence-corrected chi connectivity index (χ0v) is 14.5. The zero-order valence-electron chi connectivity index (χ0n) is 13.7. The summed E-state index contributed by atoms with van der Waals surface area (Å²) in [5, 5.41) is 5.89. The van der Waals surface area contributed by atoms with Crippen molar-refractivity contribution in [3.63, 3.8) is 0 Å². The second kappa shape index (κ2) is 6.72. The molecule has 128 valence electrons. The minimum absolute atomic E-state index is 0.143. The van der Waals surface area contributed by atoms with Crippen molar-refractivity contribution in [2.24, 2.45) is 0 Å². The average molecular weight is 348 g/mol. The molecule has 0 saturated heterocycles. The van der Waals surface area contributed by atoms with Crippen molar-refractivity contribution >= 4 is 33.4 Å². The molecule has 0 bridgehead atoms. The van der Waals surface area contributed by atoms with Gasteiger partial charge in [0.25, 0.3) is 5.56 Å². The van der Waals surface area contributed by atoms with Gasteiger partial charge in [-0.15, -0.1) is 11.3 Å². The van der Waals surface area contributed by atoms with Crippen molar-refractivity contribution in [3.05, 3.63) is 27.1 Å². The Bertz CT molecular complexity index is 855. The van der Waals surface area contributed by atoms with Gasteiger partial charge >= 0.3 is 0 Å². The van der Waals surface area contributed by atoms with E-state index in [0.29, 0.717) is 11.9 Å². The maximum Gasteiger partial charge on any atom is 0.262 e. The van der Waals surface area contributed by atoms with E-state index >= 15 is 0 Å². The average Bonchev–Trinajstić information content (AvgIpc) is 3.10. The third-order valence-corrected chi connectivity index (χ3v) is 5.33. The maximum absolute atomic E-state index is 12.7. The van der Waals surface area contributed by atoms with Crippen LogP contribution in [0.2, 0.25) is 0 Å². The summed E-state index contributed by atoms with van der Waals surface area (Å²) in [5.74, 6) is -0.633. The molecule has 0 saturated carbocycles. The lowest BCUT2D eigenvalue weighted by atomic mass is 10.2. The molecular weight excluding hydrogens is 328 g/mol. The smallest absolute Gasteiger partial charge is 0.262 e. The molecule has 7 nitrogen and oxygen atoms in total. The summed E-state index contributed by atoms with van der Waals surface area (Å²) in [6.45, 7) is 3.78. The maximum atomic E-state index is 12.7. The van der Waals surface area contributed by atoms with Crippen molar-refractivity contribution in [1.82, 2.24) is 20.2 Å². The summed E-state index contributed by atoms with van der Waals surface area (Å²) >= 11 is 1.57. The molecule has 3 rings (SSSR count). The molecule has 2 aromatic heterocycles. The second-order valence-electron chi connectivity index (χ2n) is 5.90. The Balaban J connectivity index is 1.78. The molecule has 1 atom stereocenters. The Morgan fingerprint density at radius 2 is 2.21 bits per heavy atom. The van der Waals surface area contributed by atoms with E-state index in [9.17, 15) is 14.4 Å². The van der Waals surface area contributed by atoms with Crippen LogP contribution in [-0.2, 0) is 29.0 Å². The molecule has 2 heterocycles. The third-order valence-electron chi connectivity index (χ3n) is 4.13. The molecule has 2 N–H and O–H groups in total. The Morgan fingerprint density at radius 1 is 1.42 bits per heavy atom. The Kier molecular flexibility index (Phi) is 4.66. The first kappa shape index (κ1) is 16.6. The number of hydrogen-bond donors (Lipinski definition) is 2. The van der Waals surface area contributed by atoms with Gasteiger partial charge in [0, 0.05) is 11.4 Å². The fourth-order valence-corrected chi connectivity index (χ4v) is 4.19. The Hall–Kier alpha value is -2.22. The number of aryl methyl sites for hydroxylation is 2. The van der Waals surface area contributed by atoms with E-state index in [1.54, 1.807) is 18.3 Å². The molecule has 0 aliphatic heterocycles. The first-order valence-electron chi connectivity index (χ1n) is 8.08. The van der Waals surface area contributed by atoms with Crippen LogP contribution in [0.4, 0.5) is 0 Å². The van der Waals surface area contributed by atoms with E-state index in [1.165, 1.54) is 15.8 Å². The van der Waals surface area contributed by atoms with Gasteiger partial charge in [-0.2, -0.15) is 0 Å². The van der Waals surface area contributed by atoms with Crippen molar-refractivity contribution in [2.45, 2.75) is 45.7 Å². The lowest BCUT2D eigenvalue weighted by molar-refractivity contribution is -0.128. The van der Waals surface area contributed by atoms with Crippen LogP contribution in [0.3, 0.4) is 0 Å². The van der Waals surface area contributed by atoms with E-state index in [0.717, 1.165) is 29.7 Å². The highest BCUT2D eigenvalue weighted by molar-refractivity contribution is 7.18. The zero-order chi connectivity index (χ0) is 17.3. The molecular formula is C16H20N4O3S. The summed E-state index contributed by atoms with van der Waals surface area (Å²) < 4.78 is 1.31. The van der Waals surface area contributed by atoms with Gasteiger partial charge in [-0.05, 0) is 38.7 Å². The number of aromatic nitrogens is 2. The molecule has 24 heavy (non-hydrogen) atoms. The summed E-state index contributed by atoms with van der Waals surface area (Å²) in [5.41, 5.74) is 0.915. The van der Waals surface area contributed by atoms with Crippen molar-refractivity contribution in [3.8, 4) is 0 Å². The number of rotatable bonds is 5. The van der Waals surface area contributed by atoms with E-state index in [1.807, 2.05) is 6.92 Å². The van der Waals surface area contributed by atoms with Gasteiger partial charge in [0.05, 0.1) is 11.7 Å². The molecule has 2 aromatic rings. The number of fused-ring (bicyclic) bond motifs is 3. The highest BCUT2D eigenvalue weighted by Crippen LogP contribution is 2.34. The van der Waals surface area contributed by atoms with Gasteiger partial charge in [-0.3, -0.25) is 19.0 Å². The van der Waals surface area contributed by atoms with Crippen molar-refractivity contribution in [2.75, 3.05) is 6.54 Å². The van der Waals surface area contributed by atoms with E-state index in [2.05, 4.69) is 15.6 Å². The molecule has 1 aliphatic carbocycles. The monoisotopic (exact) mass is 348 g/mol. The fraction of sp³-hybridized carbons (Fsp3) is 0.500. The SMILES string of the molecule is CCNC(=O)[C@@H](C)NC(=O)Cn1cnc2sc3c(c2c1=O)CCC3. The minimum atomic E-state index is -0.643. The Morgan fingerprint density at radius 3 is 2.96 bits per heavy atom. The van der Waals surface area contributed by atoms with Crippen molar-refractivity contribution in [1.29, 1.82) is 0 Å². The van der Waals surface area contributed by atoms with Crippen LogP contribution in [0, 0.1) is 0 Å². The lowest BCUT2D eigenvalue weighted by Crippen LogP contribution is -2.46. The minimum Gasteiger partial charge on any atom is -0.355 e. The number of carbonyl (C=O) groups is 2. The lowest BCUT2D eigenvalue weighted by Gasteiger charge is -2.13. The van der Waals surface area contributed by atoms with Gasteiger partial charge in [0.1, 0.15) is 17.4 Å². The number of nitrogens with zero attached hydrogens (tertiary/aromatic N) is 2. The molecule has 0 fully saturated rings. The number of nitrogens with one attached hydrogen (secondary N) is 2. The van der Waals surface area contributed by atoms with Crippen LogP contribution >= 0.6 is 11.3 Å². The molecule has 0 unspecified atom stereocenters. The van der Waals surface area contributed by atoms with Crippen molar-refractivity contribution < 1.29 is 9.59 Å². The largest absolute Gasteiger partial charge is 0.355 e. The highest BCUT2D eigenvalue weighted by atomic mass is 32.1. The van der Waals surface area contributed by atoms with E-state index in [-0.39, 0.29) is 23.9 Å². The van der Waals surface area contributed by atoms with Gasteiger partial charge < -0.3 is 10.6 Å². The Labute approximate surface area is 143 Å². The summed E-state index contributed by atoms with van der Waals surface area (Å²) in [6.07, 6.45) is 4.37. The molecule has 0 aromatic carbocycles. The van der Waals surface area contributed by atoms with Crippen LogP contribution < -0.4 is 16.2 Å². The number of hydrogen-bond acceptors (Lipinski definition) is 5. The number of amides is 2. The standard InChI is InChI=1S/C16H20N4O3S/c1-3-17-14(22)9(2)19-12(21)7-20-8-18-15-13(16(20)23)10-5-4-6-11(10)24-15/h8-9H,3-7H2,1-2H3,(H,17,22)(H,19,21)/t9-/m1/s1. The highest BCUT2D eigenvalue weighted by Gasteiger charge is 2.22. The number of carbonyl (C=O) groups excluding carboxylic acids is 2. The van der Waals surface area contributed by atoms with Crippen LogP contribution in [0.15, 0.2) is 11.1 Å². The molecule has 8 heteroatoms. The first-order chi connectivity index (χ1) is 11.5. The summed E-state index contributed by atoms with van der Waals surface area (Å²) in [4.78, 5) is 42.8. The quantitative estimate of drug-likeness (QED) is 0.827. The number of likely N-dealkylation sites (N-methyl/N-ethyl adjacent to an activating group) is 1. The van der Waals surface area contributed by atoms with Crippen LogP contribution in [0.25, 0.3) is 10.2 Å². The van der Waals surface area contributed by atoms with Gasteiger partial charge in [0.2, 0.25) is 11.8 Å². The topological polar surface area (TPSA) is 93.1 Å². The molecule has 2 amide bonds. The second-order valence-corrected chi connectivity index (χ2v) is 6.98. The van der Waals surface area contributed by atoms with Crippen LogP contribution in [0.5, 0.6) is 0 Å². The van der Waals surface area contributed by atoms with E-state index < -0.39 is 6.04 Å². The number of thiophene rings is 1. The molecule has 0 radical (unpaired) electrons. The summed E-state index contributed by atoms with van der Waals surface area (Å²) in [6, 6.07) is -0.643. The van der Waals surface area contributed by atoms with Crippen LogP contribution in [0.1, 0.15) is 30.7 Å². The molecule has 1 aliphatic rings. The predicted octanol–water partition coefficient (Wildman–Crippen LogP) is 0.587. The third kappa shape index (κ3) is 3.06. The van der Waals surface area contributed by atoms with Crippen LogP contribution in [-0.4, -0.2) is 34.0 Å². The first-order valence-corrected chi connectivity index (χ1v) is 8.89. The van der Waals surface area contributed by atoms with Gasteiger partial charge in [-0.1, -0.05) is 0 Å². The molecule has 0 spiro atoms. The van der Waals surface area contributed by atoms with Gasteiger partial charge in [0.15, 0.2) is 0 Å². The predicted molar refractivity (Wildman–Crippen MR) is 92.2 cm³/mol. The summed E-state index contributed by atoms with van der Waals surface area (Å²) in [7, 11) is 0.